The van der Waals surface area contributed by atoms with Crippen molar-refractivity contribution in [3.05, 3.63) is 71.4 Å². The van der Waals surface area contributed by atoms with E-state index in [0.29, 0.717) is 5.92 Å². The van der Waals surface area contributed by atoms with E-state index in [4.69, 9.17) is 0 Å². The van der Waals surface area contributed by atoms with E-state index in [9.17, 15) is 0 Å². The molecule has 0 fully saturated rings. The summed E-state index contributed by atoms with van der Waals surface area (Å²) in [6, 6.07) is 19.7. The van der Waals surface area contributed by atoms with E-state index in [1.807, 2.05) is 0 Å². The fourth-order valence-corrected chi connectivity index (χ4v) is 3.83. The summed E-state index contributed by atoms with van der Waals surface area (Å²) in [6.45, 7) is 0. The number of rotatable bonds is 3. The lowest BCUT2D eigenvalue weighted by Crippen LogP contribution is -2.09. The lowest BCUT2D eigenvalue weighted by molar-refractivity contribution is 0.521. The molecule has 2 aromatic carbocycles. The standard InChI is InChI=1S/C20H21N/c1-2-7-15(8-3-1)13-14-16-9-6-12-19-20(16)17-10-4-5-11-18(17)21-19/h1-5,7-8,10-11,16,21H,6,9,12-14H2. The van der Waals surface area contributed by atoms with Gasteiger partial charge < -0.3 is 4.98 Å². The van der Waals surface area contributed by atoms with Gasteiger partial charge in [0.2, 0.25) is 0 Å². The van der Waals surface area contributed by atoms with Crippen molar-refractivity contribution in [2.24, 2.45) is 0 Å². The average Bonchev–Trinajstić information content (AvgIpc) is 2.93. The molecule has 0 saturated heterocycles. The Morgan fingerprint density at radius 3 is 2.67 bits per heavy atom. The Bertz CT molecular complexity index is 739. The third-order valence-electron chi connectivity index (χ3n) is 4.84. The first kappa shape index (κ1) is 12.7. The van der Waals surface area contributed by atoms with Crippen molar-refractivity contribution in [3.63, 3.8) is 0 Å². The van der Waals surface area contributed by atoms with E-state index < -0.39 is 0 Å². The van der Waals surface area contributed by atoms with Crippen LogP contribution in [-0.2, 0) is 12.8 Å². The number of hydrogen-bond acceptors (Lipinski definition) is 0. The van der Waals surface area contributed by atoms with Crippen LogP contribution < -0.4 is 0 Å². The zero-order valence-corrected chi connectivity index (χ0v) is 12.3. The van der Waals surface area contributed by atoms with Gasteiger partial charge in [0.1, 0.15) is 0 Å². The van der Waals surface area contributed by atoms with Gasteiger partial charge >= 0.3 is 0 Å². The Morgan fingerprint density at radius 2 is 1.76 bits per heavy atom. The van der Waals surface area contributed by atoms with Crippen LogP contribution in [0.2, 0.25) is 0 Å². The van der Waals surface area contributed by atoms with Crippen molar-refractivity contribution in [3.8, 4) is 0 Å². The molecule has 0 bridgehead atoms. The van der Waals surface area contributed by atoms with Crippen LogP contribution in [0.25, 0.3) is 10.9 Å². The predicted octanol–water partition coefficient (Wildman–Crippen LogP) is 5.22. The number of aromatic amines is 1. The molecule has 1 aliphatic carbocycles. The summed E-state index contributed by atoms with van der Waals surface area (Å²) in [5.41, 5.74) is 5.87. The van der Waals surface area contributed by atoms with Gasteiger partial charge in [0, 0.05) is 16.6 Å². The Kier molecular flexibility index (Phi) is 3.27. The van der Waals surface area contributed by atoms with Crippen LogP contribution in [0, 0.1) is 0 Å². The molecule has 0 spiro atoms. The maximum atomic E-state index is 3.64. The quantitative estimate of drug-likeness (QED) is 0.674. The summed E-state index contributed by atoms with van der Waals surface area (Å²) >= 11 is 0. The highest BCUT2D eigenvalue weighted by molar-refractivity contribution is 5.85. The van der Waals surface area contributed by atoms with E-state index >= 15 is 0 Å². The Hall–Kier alpha value is -2.02. The van der Waals surface area contributed by atoms with Gasteiger partial charge in [0.05, 0.1) is 0 Å². The molecule has 1 atom stereocenters. The summed E-state index contributed by atoms with van der Waals surface area (Å²) in [6.07, 6.45) is 6.32. The highest BCUT2D eigenvalue weighted by Gasteiger charge is 2.24. The molecule has 1 aromatic heterocycles. The van der Waals surface area contributed by atoms with E-state index in [2.05, 4.69) is 59.6 Å². The Labute approximate surface area is 126 Å². The monoisotopic (exact) mass is 275 g/mol. The van der Waals surface area contributed by atoms with Crippen LogP contribution in [0.3, 0.4) is 0 Å². The molecular weight excluding hydrogens is 254 g/mol. The van der Waals surface area contributed by atoms with Crippen LogP contribution in [0.4, 0.5) is 0 Å². The summed E-state index contributed by atoms with van der Waals surface area (Å²) in [5.74, 6) is 0.713. The molecule has 1 heterocycles. The topological polar surface area (TPSA) is 15.8 Å². The molecular formula is C20H21N. The molecule has 106 valence electrons. The summed E-state index contributed by atoms with van der Waals surface area (Å²) in [4.78, 5) is 3.64. The van der Waals surface area contributed by atoms with Crippen LogP contribution >= 0.6 is 0 Å². The van der Waals surface area contributed by atoms with Crippen LogP contribution in [0.15, 0.2) is 54.6 Å². The third kappa shape index (κ3) is 2.37. The molecule has 0 aliphatic heterocycles. The van der Waals surface area contributed by atoms with Gasteiger partial charge in [-0.2, -0.15) is 0 Å². The summed E-state index contributed by atoms with van der Waals surface area (Å²) in [7, 11) is 0. The minimum absolute atomic E-state index is 0.713. The molecule has 1 aliphatic rings. The SMILES string of the molecule is c1ccc(CCC2CCCc3[nH]c4ccccc4c32)cc1. The van der Waals surface area contributed by atoms with Crippen LogP contribution in [0.5, 0.6) is 0 Å². The van der Waals surface area contributed by atoms with Gasteiger partial charge in [-0.05, 0) is 55.2 Å². The molecule has 0 saturated carbocycles. The number of aryl methyl sites for hydroxylation is 2. The molecule has 0 radical (unpaired) electrons. The molecule has 1 heteroatoms. The smallest absolute Gasteiger partial charge is 0.0459 e. The highest BCUT2D eigenvalue weighted by atomic mass is 14.7. The van der Waals surface area contributed by atoms with E-state index in [1.165, 1.54) is 54.3 Å². The molecule has 1 N–H and O–H groups in total. The van der Waals surface area contributed by atoms with Gasteiger partial charge in [-0.1, -0.05) is 48.5 Å². The zero-order chi connectivity index (χ0) is 14.1. The van der Waals surface area contributed by atoms with Gasteiger partial charge in [-0.3, -0.25) is 0 Å². The molecule has 4 rings (SSSR count). The second-order valence-corrected chi connectivity index (χ2v) is 6.18. The van der Waals surface area contributed by atoms with Gasteiger partial charge in [0.15, 0.2) is 0 Å². The lowest BCUT2D eigenvalue weighted by Gasteiger charge is -2.23. The predicted molar refractivity (Wildman–Crippen MR) is 88.7 cm³/mol. The van der Waals surface area contributed by atoms with Crippen molar-refractivity contribution in [2.45, 2.75) is 38.0 Å². The number of para-hydroxylation sites is 1. The number of H-pyrrole nitrogens is 1. The molecule has 1 nitrogen and oxygen atoms in total. The summed E-state index contributed by atoms with van der Waals surface area (Å²) < 4.78 is 0. The Morgan fingerprint density at radius 1 is 0.952 bits per heavy atom. The second kappa shape index (κ2) is 5.40. The van der Waals surface area contributed by atoms with Crippen LogP contribution in [0.1, 0.15) is 42.0 Å². The zero-order valence-electron chi connectivity index (χ0n) is 12.3. The van der Waals surface area contributed by atoms with E-state index in [-0.39, 0.29) is 0 Å². The molecule has 3 aromatic rings. The van der Waals surface area contributed by atoms with Crippen molar-refractivity contribution in [2.75, 3.05) is 0 Å². The lowest BCUT2D eigenvalue weighted by atomic mass is 9.82. The highest BCUT2D eigenvalue weighted by Crippen LogP contribution is 2.39. The largest absolute Gasteiger partial charge is 0.358 e. The number of nitrogens with one attached hydrogen (secondary N) is 1. The fourth-order valence-electron chi connectivity index (χ4n) is 3.83. The number of aromatic nitrogens is 1. The maximum absolute atomic E-state index is 3.64. The first-order valence-electron chi connectivity index (χ1n) is 8.05. The fraction of sp³-hybridized carbons (Fsp3) is 0.300. The van der Waals surface area contributed by atoms with Gasteiger partial charge in [-0.15, -0.1) is 0 Å². The first-order valence-corrected chi connectivity index (χ1v) is 8.05. The number of fused-ring (bicyclic) bond motifs is 3. The van der Waals surface area contributed by atoms with E-state index in [0.717, 1.165) is 0 Å². The molecule has 1 unspecified atom stereocenters. The van der Waals surface area contributed by atoms with E-state index in [1.54, 1.807) is 5.56 Å². The van der Waals surface area contributed by atoms with Crippen molar-refractivity contribution < 1.29 is 0 Å². The Balaban J connectivity index is 1.63. The average molecular weight is 275 g/mol. The van der Waals surface area contributed by atoms with Gasteiger partial charge in [-0.25, -0.2) is 0 Å². The van der Waals surface area contributed by atoms with Crippen LogP contribution in [-0.4, -0.2) is 4.98 Å². The minimum Gasteiger partial charge on any atom is -0.358 e. The number of hydrogen-bond donors (Lipinski definition) is 1. The van der Waals surface area contributed by atoms with Gasteiger partial charge in [0.25, 0.3) is 0 Å². The van der Waals surface area contributed by atoms with Crippen molar-refractivity contribution in [1.29, 1.82) is 0 Å². The van der Waals surface area contributed by atoms with Crippen molar-refractivity contribution in [1.82, 2.24) is 4.98 Å². The second-order valence-electron chi connectivity index (χ2n) is 6.18. The summed E-state index contributed by atoms with van der Waals surface area (Å²) in [5, 5.41) is 1.45. The molecule has 21 heavy (non-hydrogen) atoms. The van der Waals surface area contributed by atoms with Crippen molar-refractivity contribution >= 4 is 10.9 Å². The minimum atomic E-state index is 0.713. The first-order chi connectivity index (χ1) is 10.4. The maximum Gasteiger partial charge on any atom is 0.0459 e. The molecule has 0 amide bonds. The third-order valence-corrected chi connectivity index (χ3v) is 4.84. The number of benzene rings is 2. The normalized spacial score (nSPS) is 17.8.